The van der Waals surface area contributed by atoms with Crippen molar-refractivity contribution in [2.45, 2.75) is 77.7 Å². The Bertz CT molecular complexity index is 173. The van der Waals surface area contributed by atoms with Crippen LogP contribution in [0.1, 0.15) is 71.6 Å². The van der Waals surface area contributed by atoms with Crippen molar-refractivity contribution in [3.05, 3.63) is 0 Å². The third-order valence-electron chi connectivity index (χ3n) is 3.08. The molecule has 0 spiro atoms. The van der Waals surface area contributed by atoms with Gasteiger partial charge in [0.2, 0.25) is 0 Å². The normalized spacial score (nSPS) is 11.0. The quantitative estimate of drug-likeness (QED) is 0.515. The van der Waals surface area contributed by atoms with Crippen LogP contribution in [0.2, 0.25) is 0 Å². The topological polar surface area (TPSA) is 49.3 Å². The molecule has 0 fully saturated rings. The van der Waals surface area contributed by atoms with Crippen LogP contribution in [0.3, 0.4) is 0 Å². The van der Waals surface area contributed by atoms with Crippen LogP contribution in [-0.2, 0) is 4.79 Å². The van der Waals surface area contributed by atoms with Gasteiger partial charge in [-0.25, -0.2) is 0 Å². The van der Waals surface area contributed by atoms with Crippen molar-refractivity contribution in [1.29, 1.82) is 0 Å². The predicted octanol–water partition coefficient (Wildman–Crippen LogP) is 3.58. The second-order valence-corrected chi connectivity index (χ2v) is 4.79. The molecule has 2 N–H and O–H groups in total. The van der Waals surface area contributed by atoms with Gasteiger partial charge in [0.1, 0.15) is 0 Å². The van der Waals surface area contributed by atoms with Gasteiger partial charge in [-0.1, -0.05) is 52.4 Å². The summed E-state index contributed by atoms with van der Waals surface area (Å²) >= 11 is 0. The molecular weight excluding hydrogens is 214 g/mol. The molecule has 0 aliphatic rings. The van der Waals surface area contributed by atoms with Crippen LogP contribution < -0.4 is 5.32 Å². The molecule has 0 unspecified atom stereocenters. The average molecular weight is 243 g/mol. The van der Waals surface area contributed by atoms with E-state index in [0.29, 0.717) is 12.6 Å². The Labute approximate surface area is 106 Å². The summed E-state index contributed by atoms with van der Waals surface area (Å²) in [4.78, 5) is 10.5. The van der Waals surface area contributed by atoms with E-state index in [1.807, 2.05) is 0 Å². The lowest BCUT2D eigenvalue weighted by atomic mass is 10.0. The fourth-order valence-electron chi connectivity index (χ4n) is 2.01. The van der Waals surface area contributed by atoms with E-state index in [9.17, 15) is 4.79 Å². The van der Waals surface area contributed by atoms with Crippen LogP contribution in [0.5, 0.6) is 0 Å². The van der Waals surface area contributed by atoms with Gasteiger partial charge in [0.15, 0.2) is 0 Å². The first-order valence-corrected chi connectivity index (χ1v) is 7.15. The van der Waals surface area contributed by atoms with E-state index in [2.05, 4.69) is 19.2 Å². The van der Waals surface area contributed by atoms with Gasteiger partial charge in [-0.3, -0.25) is 4.79 Å². The summed E-state index contributed by atoms with van der Waals surface area (Å²) in [7, 11) is 0. The van der Waals surface area contributed by atoms with Crippen molar-refractivity contribution < 1.29 is 9.90 Å². The Hall–Kier alpha value is -0.570. The molecule has 0 aliphatic heterocycles. The van der Waals surface area contributed by atoms with E-state index in [1.165, 1.54) is 51.4 Å². The van der Waals surface area contributed by atoms with Crippen LogP contribution in [0, 0.1) is 0 Å². The molecule has 0 heterocycles. The first kappa shape index (κ1) is 16.4. The van der Waals surface area contributed by atoms with Gasteiger partial charge in [0.05, 0.1) is 6.42 Å². The number of carbonyl (C=O) groups is 1. The summed E-state index contributed by atoms with van der Waals surface area (Å²) < 4.78 is 0. The number of unbranched alkanes of at least 4 members (excludes halogenated alkanes) is 4. The van der Waals surface area contributed by atoms with Crippen LogP contribution >= 0.6 is 0 Å². The minimum atomic E-state index is -0.710. The molecule has 0 aromatic carbocycles. The second kappa shape index (κ2) is 11.9. The van der Waals surface area contributed by atoms with Crippen LogP contribution in [0.15, 0.2) is 0 Å². The molecule has 3 nitrogen and oxygen atoms in total. The van der Waals surface area contributed by atoms with Gasteiger partial charge >= 0.3 is 5.97 Å². The predicted molar refractivity (Wildman–Crippen MR) is 72.3 cm³/mol. The monoisotopic (exact) mass is 243 g/mol. The van der Waals surface area contributed by atoms with Gasteiger partial charge < -0.3 is 10.4 Å². The summed E-state index contributed by atoms with van der Waals surface area (Å²) in [5.41, 5.74) is 0. The maximum absolute atomic E-state index is 10.5. The first-order chi connectivity index (χ1) is 8.20. The number of nitrogens with one attached hydrogen (secondary N) is 1. The van der Waals surface area contributed by atoms with E-state index in [-0.39, 0.29) is 6.42 Å². The molecule has 0 saturated carbocycles. The number of aliphatic carboxylic acids is 1. The summed E-state index contributed by atoms with van der Waals surface area (Å²) in [6.45, 7) is 5.03. The van der Waals surface area contributed by atoms with E-state index >= 15 is 0 Å². The van der Waals surface area contributed by atoms with E-state index in [4.69, 9.17) is 5.11 Å². The molecule has 0 atom stereocenters. The molecule has 0 amide bonds. The molecule has 17 heavy (non-hydrogen) atoms. The van der Waals surface area contributed by atoms with Crippen LogP contribution in [0.25, 0.3) is 0 Å². The van der Waals surface area contributed by atoms with Crippen molar-refractivity contribution in [3.63, 3.8) is 0 Å². The van der Waals surface area contributed by atoms with E-state index in [1.54, 1.807) is 0 Å². The summed E-state index contributed by atoms with van der Waals surface area (Å²) in [5, 5.41) is 12.0. The molecule has 0 aliphatic carbocycles. The molecule has 0 rings (SSSR count). The van der Waals surface area contributed by atoms with Crippen molar-refractivity contribution in [2.75, 3.05) is 6.54 Å². The number of hydrogen-bond donors (Lipinski definition) is 2. The zero-order chi connectivity index (χ0) is 12.9. The smallest absolute Gasteiger partial charge is 0.304 e. The Kier molecular flexibility index (Phi) is 11.5. The Balaban J connectivity index is 3.71. The molecule has 102 valence electrons. The lowest BCUT2D eigenvalue weighted by Gasteiger charge is -2.18. The van der Waals surface area contributed by atoms with E-state index < -0.39 is 5.97 Å². The summed E-state index contributed by atoms with van der Waals surface area (Å²) in [5.74, 6) is -0.710. The maximum atomic E-state index is 10.5. The van der Waals surface area contributed by atoms with Gasteiger partial charge in [-0.2, -0.15) is 0 Å². The number of carboxylic acids is 1. The Morgan fingerprint density at radius 3 is 2.00 bits per heavy atom. The molecule has 0 aromatic rings. The molecule has 3 heteroatoms. The highest BCUT2D eigenvalue weighted by Gasteiger charge is 2.08. The van der Waals surface area contributed by atoms with Gasteiger partial charge in [0.25, 0.3) is 0 Å². The number of rotatable bonds is 12. The maximum Gasteiger partial charge on any atom is 0.304 e. The molecule has 0 aromatic heterocycles. The summed E-state index contributed by atoms with van der Waals surface area (Å²) in [6.07, 6.45) is 10.2. The SMILES string of the molecule is CCCCCC(CCCCC)NCCC(=O)O. The zero-order valence-electron chi connectivity index (χ0n) is 11.5. The number of hydrogen-bond acceptors (Lipinski definition) is 2. The highest BCUT2D eigenvalue weighted by molar-refractivity contribution is 5.66. The summed E-state index contributed by atoms with van der Waals surface area (Å²) in [6, 6.07) is 0.521. The fraction of sp³-hybridized carbons (Fsp3) is 0.929. The first-order valence-electron chi connectivity index (χ1n) is 7.15. The number of carboxylic acid groups (broad SMARTS) is 1. The third kappa shape index (κ3) is 11.7. The van der Waals surface area contributed by atoms with Gasteiger partial charge in [0, 0.05) is 12.6 Å². The lowest BCUT2D eigenvalue weighted by molar-refractivity contribution is -0.136. The van der Waals surface area contributed by atoms with Gasteiger partial charge in [-0.05, 0) is 12.8 Å². The Morgan fingerprint density at radius 2 is 1.59 bits per heavy atom. The molecule has 0 saturated heterocycles. The standard InChI is InChI=1S/C14H29NO2/c1-3-5-7-9-13(10-8-6-4-2)15-12-11-14(16)17/h13,15H,3-12H2,1-2H3,(H,16,17). The highest BCUT2D eigenvalue weighted by Crippen LogP contribution is 2.10. The minimum Gasteiger partial charge on any atom is -0.481 e. The average Bonchev–Trinajstić information content (AvgIpc) is 2.28. The van der Waals surface area contributed by atoms with Crippen molar-refractivity contribution in [3.8, 4) is 0 Å². The van der Waals surface area contributed by atoms with Crippen molar-refractivity contribution in [2.24, 2.45) is 0 Å². The van der Waals surface area contributed by atoms with Crippen LogP contribution in [0.4, 0.5) is 0 Å². The third-order valence-corrected chi connectivity index (χ3v) is 3.08. The molecule has 0 bridgehead atoms. The van der Waals surface area contributed by atoms with E-state index in [0.717, 1.165) is 0 Å². The zero-order valence-corrected chi connectivity index (χ0v) is 11.5. The van der Waals surface area contributed by atoms with Crippen molar-refractivity contribution >= 4 is 5.97 Å². The fourth-order valence-corrected chi connectivity index (χ4v) is 2.01. The largest absolute Gasteiger partial charge is 0.481 e. The van der Waals surface area contributed by atoms with Crippen LogP contribution in [-0.4, -0.2) is 23.7 Å². The van der Waals surface area contributed by atoms with Gasteiger partial charge in [-0.15, -0.1) is 0 Å². The molecule has 0 radical (unpaired) electrons. The highest BCUT2D eigenvalue weighted by atomic mass is 16.4. The second-order valence-electron chi connectivity index (χ2n) is 4.79. The lowest BCUT2D eigenvalue weighted by Crippen LogP contribution is -2.31. The van der Waals surface area contributed by atoms with Crippen molar-refractivity contribution in [1.82, 2.24) is 5.32 Å². The molecular formula is C14H29NO2. The Morgan fingerprint density at radius 1 is 1.06 bits per heavy atom. The minimum absolute atomic E-state index is 0.234.